The van der Waals surface area contributed by atoms with Gasteiger partial charge in [0.05, 0.1) is 0 Å². The molecular weight excluding hydrogens is 294 g/mol. The molecule has 0 amide bonds. The van der Waals surface area contributed by atoms with Crippen LogP contribution in [0.5, 0.6) is 5.75 Å². The summed E-state index contributed by atoms with van der Waals surface area (Å²) in [6, 6.07) is 9.85. The number of ether oxygens (including phenoxy) is 1. The van der Waals surface area contributed by atoms with E-state index >= 15 is 0 Å². The second kappa shape index (κ2) is 5.48. The van der Waals surface area contributed by atoms with Gasteiger partial charge in [0.2, 0.25) is 0 Å². The molecule has 3 aromatic rings. The van der Waals surface area contributed by atoms with Gasteiger partial charge < -0.3 is 14.3 Å². The first-order valence-corrected chi connectivity index (χ1v) is 6.36. The largest absolute Gasteiger partial charge is 0.478 e. The Labute approximate surface area is 123 Å². The van der Waals surface area contributed by atoms with E-state index in [1.54, 1.807) is 24.3 Å². The van der Waals surface area contributed by atoms with Gasteiger partial charge in [-0.3, -0.25) is 0 Å². The van der Waals surface area contributed by atoms with Crippen molar-refractivity contribution in [1.82, 2.24) is 0 Å². The monoisotopic (exact) mass is 304 g/mol. The van der Waals surface area contributed by atoms with Crippen molar-refractivity contribution in [3.8, 4) is 5.75 Å². The van der Waals surface area contributed by atoms with Gasteiger partial charge in [-0.2, -0.15) is 8.78 Å². The second-order valence-electron chi connectivity index (χ2n) is 4.51. The van der Waals surface area contributed by atoms with Crippen LogP contribution in [0.4, 0.5) is 8.78 Å². The van der Waals surface area contributed by atoms with Crippen LogP contribution in [0.25, 0.3) is 28.0 Å². The molecule has 112 valence electrons. The van der Waals surface area contributed by atoms with Crippen LogP contribution in [0.3, 0.4) is 0 Å². The summed E-state index contributed by atoms with van der Waals surface area (Å²) in [5.41, 5.74) is 1.21. The number of aliphatic carboxylic acids is 1. The van der Waals surface area contributed by atoms with Crippen molar-refractivity contribution in [1.29, 1.82) is 0 Å². The lowest BCUT2D eigenvalue weighted by atomic mass is 10.1. The van der Waals surface area contributed by atoms with Crippen molar-refractivity contribution in [2.45, 2.75) is 6.61 Å². The fraction of sp³-hybridized carbons (Fsp3) is 0.0625. The van der Waals surface area contributed by atoms with E-state index in [1.165, 1.54) is 18.2 Å². The van der Waals surface area contributed by atoms with Gasteiger partial charge in [-0.25, -0.2) is 4.79 Å². The Hall–Kier alpha value is -2.89. The minimum Gasteiger partial charge on any atom is -0.478 e. The van der Waals surface area contributed by atoms with Crippen LogP contribution in [0.15, 0.2) is 46.9 Å². The van der Waals surface area contributed by atoms with Crippen molar-refractivity contribution in [2.24, 2.45) is 0 Å². The Bertz CT molecular complexity index is 880. The fourth-order valence-corrected chi connectivity index (χ4v) is 2.32. The van der Waals surface area contributed by atoms with E-state index in [2.05, 4.69) is 4.74 Å². The van der Waals surface area contributed by atoms with Gasteiger partial charge in [0.1, 0.15) is 5.58 Å². The lowest BCUT2D eigenvalue weighted by Crippen LogP contribution is -2.02. The molecule has 0 aliphatic carbocycles. The van der Waals surface area contributed by atoms with E-state index < -0.39 is 12.6 Å². The fourth-order valence-electron chi connectivity index (χ4n) is 2.32. The summed E-state index contributed by atoms with van der Waals surface area (Å²) in [6.45, 7) is -2.98. The van der Waals surface area contributed by atoms with E-state index in [-0.39, 0.29) is 11.3 Å². The van der Waals surface area contributed by atoms with Crippen molar-refractivity contribution in [3.63, 3.8) is 0 Å². The molecule has 1 aromatic heterocycles. The molecule has 2 aromatic carbocycles. The smallest absolute Gasteiger partial charge is 0.387 e. The molecule has 0 atom stereocenters. The van der Waals surface area contributed by atoms with Gasteiger partial charge in [0.15, 0.2) is 11.3 Å². The van der Waals surface area contributed by atoms with Crippen LogP contribution < -0.4 is 4.74 Å². The molecule has 4 nitrogen and oxygen atoms in total. The number of hydrogen-bond donors (Lipinski definition) is 1. The first-order valence-electron chi connectivity index (χ1n) is 6.36. The molecule has 6 heteroatoms. The maximum absolute atomic E-state index is 12.5. The second-order valence-corrected chi connectivity index (χ2v) is 4.51. The molecule has 0 radical (unpaired) electrons. The van der Waals surface area contributed by atoms with Gasteiger partial charge in [-0.1, -0.05) is 24.3 Å². The quantitative estimate of drug-likeness (QED) is 0.731. The first kappa shape index (κ1) is 14.1. The number of fused-ring (bicyclic) bond motifs is 3. The number of carboxylic acids is 1. The number of carbonyl (C=O) groups is 1. The Morgan fingerprint density at radius 1 is 1.23 bits per heavy atom. The van der Waals surface area contributed by atoms with Crippen LogP contribution in [-0.4, -0.2) is 17.7 Å². The minimum atomic E-state index is -2.98. The Morgan fingerprint density at radius 2 is 2.00 bits per heavy atom. The highest BCUT2D eigenvalue weighted by Gasteiger charge is 2.17. The highest BCUT2D eigenvalue weighted by Crippen LogP contribution is 2.38. The molecule has 22 heavy (non-hydrogen) atoms. The average Bonchev–Trinajstić information content (AvgIpc) is 2.86. The van der Waals surface area contributed by atoms with Crippen LogP contribution in [0, 0.1) is 0 Å². The summed E-state index contributed by atoms with van der Waals surface area (Å²) in [7, 11) is 0. The number of hydrogen-bond acceptors (Lipinski definition) is 3. The summed E-state index contributed by atoms with van der Waals surface area (Å²) in [4.78, 5) is 10.7. The number of para-hydroxylation sites is 1. The number of alkyl halides is 2. The summed E-state index contributed by atoms with van der Waals surface area (Å²) >= 11 is 0. The van der Waals surface area contributed by atoms with E-state index in [0.29, 0.717) is 21.9 Å². The van der Waals surface area contributed by atoms with Crippen LogP contribution in [-0.2, 0) is 4.79 Å². The summed E-state index contributed by atoms with van der Waals surface area (Å²) in [6.07, 6.45) is 2.36. The Morgan fingerprint density at radius 3 is 2.73 bits per heavy atom. The highest BCUT2D eigenvalue weighted by atomic mass is 19.3. The predicted octanol–water partition coefficient (Wildman–Crippen LogP) is 4.29. The lowest BCUT2D eigenvalue weighted by Gasteiger charge is -2.06. The standard InChI is InChI=1S/C16H10F2O4/c17-16(18)22-12-7-5-9(6-8-13(19)20)14-10-3-1-2-4-11(10)21-15(12)14/h1-8,16H,(H,19,20). The molecule has 1 N–H and O–H groups in total. The van der Waals surface area contributed by atoms with Crippen LogP contribution in [0.1, 0.15) is 5.56 Å². The normalized spacial score (nSPS) is 11.8. The molecule has 0 saturated heterocycles. The van der Waals surface area contributed by atoms with Crippen molar-refractivity contribution in [2.75, 3.05) is 0 Å². The van der Waals surface area contributed by atoms with Gasteiger partial charge in [0, 0.05) is 16.8 Å². The predicted molar refractivity (Wildman–Crippen MR) is 77.0 cm³/mol. The maximum Gasteiger partial charge on any atom is 0.387 e. The van der Waals surface area contributed by atoms with Gasteiger partial charge in [-0.05, 0) is 23.8 Å². The minimum absolute atomic E-state index is 0.0892. The number of furan rings is 1. The zero-order valence-electron chi connectivity index (χ0n) is 11.1. The summed E-state index contributed by atoms with van der Waals surface area (Å²) < 4.78 is 35.1. The molecular formula is C16H10F2O4. The lowest BCUT2D eigenvalue weighted by molar-refractivity contribution is -0.131. The zero-order chi connectivity index (χ0) is 15.7. The molecule has 0 unspecified atom stereocenters. The van der Waals surface area contributed by atoms with Crippen molar-refractivity contribution in [3.05, 3.63) is 48.0 Å². The van der Waals surface area contributed by atoms with Crippen LogP contribution in [0.2, 0.25) is 0 Å². The summed E-state index contributed by atoms with van der Waals surface area (Å²) in [5, 5.41) is 9.98. The van der Waals surface area contributed by atoms with Crippen molar-refractivity contribution >= 4 is 34.0 Å². The number of rotatable bonds is 4. The van der Waals surface area contributed by atoms with Gasteiger partial charge in [0.25, 0.3) is 0 Å². The van der Waals surface area contributed by atoms with Gasteiger partial charge >= 0.3 is 12.6 Å². The molecule has 3 rings (SSSR count). The molecule has 0 aliphatic rings. The Kier molecular flexibility index (Phi) is 3.50. The third kappa shape index (κ3) is 2.50. The maximum atomic E-state index is 12.5. The molecule has 0 bridgehead atoms. The zero-order valence-corrected chi connectivity index (χ0v) is 11.1. The molecule has 0 saturated carbocycles. The van der Waals surface area contributed by atoms with Crippen LogP contribution >= 0.6 is 0 Å². The number of halogens is 2. The van der Waals surface area contributed by atoms with E-state index in [1.807, 2.05) is 0 Å². The summed E-state index contributed by atoms with van der Waals surface area (Å²) in [5.74, 6) is -1.19. The average molecular weight is 304 g/mol. The SMILES string of the molecule is O=C(O)C=Cc1ccc(OC(F)F)c2oc3ccccc3c12. The molecule has 0 fully saturated rings. The topological polar surface area (TPSA) is 59.7 Å². The molecule has 1 heterocycles. The number of benzene rings is 2. The molecule has 0 aliphatic heterocycles. The van der Waals surface area contributed by atoms with E-state index in [9.17, 15) is 13.6 Å². The number of carboxylic acid groups (broad SMARTS) is 1. The Balaban J connectivity index is 2.31. The third-order valence-electron chi connectivity index (χ3n) is 3.14. The highest BCUT2D eigenvalue weighted by molar-refractivity contribution is 6.11. The molecule has 0 spiro atoms. The van der Waals surface area contributed by atoms with Gasteiger partial charge in [-0.15, -0.1) is 0 Å². The third-order valence-corrected chi connectivity index (χ3v) is 3.14. The first-order chi connectivity index (χ1) is 10.6. The van der Waals surface area contributed by atoms with E-state index in [4.69, 9.17) is 9.52 Å². The van der Waals surface area contributed by atoms with Crippen molar-refractivity contribution < 1.29 is 27.8 Å². The van der Waals surface area contributed by atoms with E-state index in [0.717, 1.165) is 6.08 Å².